The second-order valence-electron chi connectivity index (χ2n) is 6.89. The zero-order valence-corrected chi connectivity index (χ0v) is 15.5. The van der Waals surface area contributed by atoms with Gasteiger partial charge in [0.15, 0.2) is 0 Å². The first-order valence-corrected chi connectivity index (χ1v) is 9.64. The number of nitrogens with zero attached hydrogens (tertiary/aromatic N) is 1. The van der Waals surface area contributed by atoms with E-state index in [4.69, 9.17) is 11.6 Å². The first-order valence-electron chi connectivity index (χ1n) is 8.45. The van der Waals surface area contributed by atoms with Crippen LogP contribution in [0.1, 0.15) is 46.6 Å². The minimum Gasteiger partial charge on any atom is -0.337 e. The second kappa shape index (κ2) is 6.15. The molecule has 130 valence electrons. The van der Waals surface area contributed by atoms with Crippen molar-refractivity contribution in [1.82, 2.24) is 10.2 Å². The van der Waals surface area contributed by atoms with E-state index in [1.54, 1.807) is 12.1 Å². The number of nitrogens with one attached hydrogen (secondary N) is 1. The van der Waals surface area contributed by atoms with Gasteiger partial charge in [0.05, 0.1) is 15.3 Å². The summed E-state index contributed by atoms with van der Waals surface area (Å²) in [6.45, 7) is 2.49. The summed E-state index contributed by atoms with van der Waals surface area (Å²) in [6.07, 6.45) is 2.58. The summed E-state index contributed by atoms with van der Waals surface area (Å²) in [5.41, 5.74) is 1.72. The summed E-state index contributed by atoms with van der Waals surface area (Å²) >= 11 is 7.13. The average Bonchev–Trinajstić information content (AvgIpc) is 3.27. The topological polar surface area (TPSA) is 49.4 Å². The Labute approximate surface area is 155 Å². The highest BCUT2D eigenvalue weighted by atomic mass is 35.5. The van der Waals surface area contributed by atoms with Gasteiger partial charge in [0.25, 0.3) is 5.91 Å². The van der Waals surface area contributed by atoms with Crippen molar-refractivity contribution >= 4 is 34.8 Å². The molecule has 0 spiro atoms. The molecule has 1 aliphatic carbocycles. The molecular weight excluding hydrogens is 356 g/mol. The van der Waals surface area contributed by atoms with Crippen LogP contribution in [0.4, 0.5) is 0 Å². The van der Waals surface area contributed by atoms with E-state index in [0.717, 1.165) is 12.8 Å². The van der Waals surface area contributed by atoms with Crippen molar-refractivity contribution < 1.29 is 9.59 Å². The Bertz CT molecular complexity index is 849. The molecule has 6 heteroatoms. The summed E-state index contributed by atoms with van der Waals surface area (Å²) in [5, 5.41) is 2.93. The Morgan fingerprint density at radius 1 is 1.32 bits per heavy atom. The SMILES string of the molecule is CC1(NC(=O)c2ccc(Cl)s2)CCN(C2CCc3ccccc32)C1=O. The Morgan fingerprint density at radius 2 is 2.12 bits per heavy atom. The van der Waals surface area contributed by atoms with Gasteiger partial charge in [-0.3, -0.25) is 9.59 Å². The molecule has 2 aliphatic rings. The molecule has 25 heavy (non-hydrogen) atoms. The molecule has 1 saturated heterocycles. The van der Waals surface area contributed by atoms with Gasteiger partial charge in [0.1, 0.15) is 5.54 Å². The molecule has 0 radical (unpaired) electrons. The number of thiophene rings is 1. The van der Waals surface area contributed by atoms with E-state index in [0.29, 0.717) is 22.2 Å². The third-order valence-electron chi connectivity index (χ3n) is 5.25. The highest BCUT2D eigenvalue weighted by molar-refractivity contribution is 7.18. The Kier molecular flexibility index (Phi) is 4.08. The summed E-state index contributed by atoms with van der Waals surface area (Å²) in [4.78, 5) is 28.0. The monoisotopic (exact) mass is 374 g/mol. The molecule has 0 bridgehead atoms. The van der Waals surface area contributed by atoms with Crippen molar-refractivity contribution in [3.8, 4) is 0 Å². The number of fused-ring (bicyclic) bond motifs is 1. The number of carbonyl (C=O) groups is 2. The quantitative estimate of drug-likeness (QED) is 0.888. The molecule has 2 amide bonds. The predicted octanol–water partition coefficient (Wildman–Crippen LogP) is 3.81. The number of amides is 2. The van der Waals surface area contributed by atoms with Crippen LogP contribution < -0.4 is 5.32 Å². The third kappa shape index (κ3) is 2.85. The van der Waals surface area contributed by atoms with E-state index in [1.807, 2.05) is 24.0 Å². The van der Waals surface area contributed by atoms with Gasteiger partial charge in [-0.2, -0.15) is 0 Å². The molecule has 1 fully saturated rings. The standard InChI is InChI=1S/C19H19ClN2O2S/c1-19(21-17(23)15-8-9-16(20)25-15)10-11-22(18(19)24)14-7-6-12-4-2-3-5-13(12)14/h2-5,8-9,14H,6-7,10-11H2,1H3,(H,21,23). The Balaban J connectivity index is 1.52. The average molecular weight is 375 g/mol. The van der Waals surface area contributed by atoms with Crippen molar-refractivity contribution in [2.45, 2.75) is 37.8 Å². The maximum absolute atomic E-state index is 13.1. The lowest BCUT2D eigenvalue weighted by atomic mass is 10.00. The minimum atomic E-state index is -0.856. The smallest absolute Gasteiger partial charge is 0.262 e. The van der Waals surface area contributed by atoms with Crippen molar-refractivity contribution in [3.05, 3.63) is 56.7 Å². The van der Waals surface area contributed by atoms with Crippen LogP contribution in [0.2, 0.25) is 4.34 Å². The van der Waals surface area contributed by atoms with Crippen molar-refractivity contribution in [2.75, 3.05) is 6.54 Å². The number of carbonyl (C=O) groups excluding carboxylic acids is 2. The zero-order chi connectivity index (χ0) is 17.6. The summed E-state index contributed by atoms with van der Waals surface area (Å²) < 4.78 is 0.567. The van der Waals surface area contributed by atoms with Gasteiger partial charge in [-0.05, 0) is 49.4 Å². The normalized spacial score (nSPS) is 25.3. The van der Waals surface area contributed by atoms with Gasteiger partial charge >= 0.3 is 0 Å². The largest absolute Gasteiger partial charge is 0.337 e. The highest BCUT2D eigenvalue weighted by Gasteiger charge is 2.47. The zero-order valence-electron chi connectivity index (χ0n) is 13.9. The summed E-state index contributed by atoms with van der Waals surface area (Å²) in [6, 6.07) is 11.8. The molecule has 0 saturated carbocycles. The number of aryl methyl sites for hydroxylation is 1. The first kappa shape index (κ1) is 16.6. The number of rotatable bonds is 3. The number of benzene rings is 1. The molecule has 2 heterocycles. The second-order valence-corrected chi connectivity index (χ2v) is 8.61. The van der Waals surface area contributed by atoms with E-state index >= 15 is 0 Å². The van der Waals surface area contributed by atoms with Crippen LogP contribution in [0.5, 0.6) is 0 Å². The number of hydrogen-bond donors (Lipinski definition) is 1. The van der Waals surface area contributed by atoms with Gasteiger partial charge < -0.3 is 10.2 Å². The van der Waals surface area contributed by atoms with Gasteiger partial charge in [-0.15, -0.1) is 11.3 Å². The number of likely N-dealkylation sites (tertiary alicyclic amines) is 1. The molecule has 4 nitrogen and oxygen atoms in total. The van der Waals surface area contributed by atoms with Crippen LogP contribution in [0.25, 0.3) is 0 Å². The third-order valence-corrected chi connectivity index (χ3v) is 6.48. The van der Waals surface area contributed by atoms with Crippen LogP contribution >= 0.6 is 22.9 Å². The highest BCUT2D eigenvalue weighted by Crippen LogP contribution is 2.39. The van der Waals surface area contributed by atoms with Crippen LogP contribution in [0, 0.1) is 0 Å². The molecule has 2 aromatic rings. The molecule has 1 aliphatic heterocycles. The Morgan fingerprint density at radius 3 is 2.88 bits per heavy atom. The molecule has 1 aromatic heterocycles. The van der Waals surface area contributed by atoms with E-state index < -0.39 is 5.54 Å². The molecule has 4 rings (SSSR count). The molecule has 1 N–H and O–H groups in total. The van der Waals surface area contributed by atoms with Gasteiger partial charge in [-0.25, -0.2) is 0 Å². The van der Waals surface area contributed by atoms with Crippen LogP contribution in [-0.2, 0) is 11.2 Å². The van der Waals surface area contributed by atoms with Crippen molar-refractivity contribution in [3.63, 3.8) is 0 Å². The van der Waals surface area contributed by atoms with E-state index in [1.165, 1.54) is 22.5 Å². The van der Waals surface area contributed by atoms with E-state index in [9.17, 15) is 9.59 Å². The molecule has 1 aromatic carbocycles. The van der Waals surface area contributed by atoms with Crippen LogP contribution in [-0.4, -0.2) is 28.8 Å². The fourth-order valence-corrected chi connectivity index (χ4v) is 4.83. The number of hydrogen-bond acceptors (Lipinski definition) is 3. The molecule has 2 unspecified atom stereocenters. The van der Waals surface area contributed by atoms with E-state index in [2.05, 4.69) is 17.4 Å². The number of halogens is 1. The first-order chi connectivity index (χ1) is 12.0. The summed E-state index contributed by atoms with van der Waals surface area (Å²) in [5.74, 6) is -0.230. The van der Waals surface area contributed by atoms with Crippen molar-refractivity contribution in [1.29, 1.82) is 0 Å². The fraction of sp³-hybridized carbons (Fsp3) is 0.368. The van der Waals surface area contributed by atoms with Gasteiger partial charge in [0.2, 0.25) is 5.91 Å². The lowest BCUT2D eigenvalue weighted by molar-refractivity contribution is -0.134. The van der Waals surface area contributed by atoms with Crippen LogP contribution in [0.15, 0.2) is 36.4 Å². The van der Waals surface area contributed by atoms with Gasteiger partial charge in [-0.1, -0.05) is 35.9 Å². The fourth-order valence-electron chi connectivity index (χ4n) is 3.89. The molecule has 2 atom stereocenters. The van der Waals surface area contributed by atoms with Gasteiger partial charge in [0, 0.05) is 6.54 Å². The maximum Gasteiger partial charge on any atom is 0.262 e. The van der Waals surface area contributed by atoms with Crippen LogP contribution in [0.3, 0.4) is 0 Å². The molecular formula is C19H19ClN2O2S. The Hall–Kier alpha value is -1.85. The minimum absolute atomic E-state index is 0.00482. The van der Waals surface area contributed by atoms with Crippen molar-refractivity contribution in [2.24, 2.45) is 0 Å². The summed E-state index contributed by atoms with van der Waals surface area (Å²) in [7, 11) is 0. The lowest BCUT2D eigenvalue weighted by Gasteiger charge is -2.28. The maximum atomic E-state index is 13.1. The predicted molar refractivity (Wildman–Crippen MR) is 99.0 cm³/mol. The lowest BCUT2D eigenvalue weighted by Crippen LogP contribution is -2.52. The van der Waals surface area contributed by atoms with E-state index in [-0.39, 0.29) is 17.9 Å².